The molecule has 0 aliphatic carbocycles. The number of rotatable bonds is 4. The minimum atomic E-state index is 0.997. The Balaban J connectivity index is 1.80. The maximum atomic E-state index is 2.56. The van der Waals surface area contributed by atoms with Gasteiger partial charge in [0.1, 0.15) is 0 Å². The van der Waals surface area contributed by atoms with E-state index >= 15 is 0 Å². The van der Waals surface area contributed by atoms with E-state index in [0.717, 1.165) is 32.7 Å². The lowest BCUT2D eigenvalue weighted by Crippen LogP contribution is -2.23. The normalized spacial score (nSPS) is 15.5. The maximum absolute atomic E-state index is 2.56. The number of fused-ring (bicyclic) bond motifs is 2. The van der Waals surface area contributed by atoms with Crippen molar-refractivity contribution in [3.05, 3.63) is 83.9 Å². The molecule has 0 bridgehead atoms. The highest BCUT2D eigenvalue weighted by Gasteiger charge is 2.21. The van der Waals surface area contributed by atoms with Gasteiger partial charge >= 0.3 is 0 Å². The molecule has 0 aromatic heterocycles. The molecule has 4 aromatic rings. The van der Waals surface area contributed by atoms with Crippen LogP contribution in [-0.2, 0) is 13.0 Å². The summed E-state index contributed by atoms with van der Waals surface area (Å²) in [6, 6.07) is 27.0. The lowest BCUT2D eigenvalue weighted by molar-refractivity contribution is 0.268. The van der Waals surface area contributed by atoms with E-state index in [9.17, 15) is 0 Å². The Bertz CT molecular complexity index is 1180. The zero-order valence-corrected chi connectivity index (χ0v) is 17.4. The second-order valence-electron chi connectivity index (χ2n) is 8.27. The van der Waals surface area contributed by atoms with Gasteiger partial charge in [0.15, 0.2) is 0 Å². The third-order valence-corrected chi connectivity index (χ3v) is 6.29. The van der Waals surface area contributed by atoms with Crippen LogP contribution in [0.1, 0.15) is 18.1 Å². The molecule has 0 radical (unpaired) electrons. The average Bonchev–Trinajstić information content (AvgIpc) is 3.17. The molecule has 0 N–H and O–H groups in total. The molecular weight excluding hydrogens is 352 g/mol. The third-order valence-electron chi connectivity index (χ3n) is 6.29. The molecule has 0 spiro atoms. The predicted octanol–water partition coefficient (Wildman–Crippen LogP) is 5.93. The summed E-state index contributed by atoms with van der Waals surface area (Å²) in [6.45, 7) is 6.60. The summed E-state index contributed by atoms with van der Waals surface area (Å²) in [7, 11) is 2.21. The van der Waals surface area contributed by atoms with Crippen LogP contribution in [0.5, 0.6) is 0 Å². The van der Waals surface area contributed by atoms with Crippen molar-refractivity contribution in [1.29, 1.82) is 0 Å². The van der Waals surface area contributed by atoms with Crippen molar-refractivity contribution >= 4 is 21.5 Å². The fourth-order valence-corrected chi connectivity index (χ4v) is 4.82. The zero-order valence-electron chi connectivity index (χ0n) is 17.4. The molecule has 1 fully saturated rings. The lowest BCUT2D eigenvalue weighted by Gasteiger charge is -2.22. The van der Waals surface area contributed by atoms with E-state index in [2.05, 4.69) is 96.6 Å². The smallest absolute Gasteiger partial charge is 0.0507 e. The minimum absolute atomic E-state index is 0.997. The van der Waals surface area contributed by atoms with Crippen LogP contribution >= 0.6 is 0 Å². The van der Waals surface area contributed by atoms with Crippen molar-refractivity contribution in [2.24, 2.45) is 0 Å². The van der Waals surface area contributed by atoms with Crippen LogP contribution in [0, 0.1) is 0 Å². The molecule has 1 aliphatic heterocycles. The van der Waals surface area contributed by atoms with Gasteiger partial charge in [-0.2, -0.15) is 0 Å². The van der Waals surface area contributed by atoms with E-state index in [1.54, 1.807) is 0 Å². The van der Waals surface area contributed by atoms with Crippen LogP contribution in [0.2, 0.25) is 0 Å². The van der Waals surface area contributed by atoms with E-state index < -0.39 is 0 Å². The quantitative estimate of drug-likeness (QED) is 0.433. The SMILES string of the molecule is CCc1ccc2ccccc2c1-c1c(CN2CCN(C)C2)ccc2ccccc12. The third kappa shape index (κ3) is 3.33. The predicted molar refractivity (Wildman–Crippen MR) is 124 cm³/mol. The highest BCUT2D eigenvalue weighted by atomic mass is 15.4. The van der Waals surface area contributed by atoms with Crippen LogP contribution in [0.15, 0.2) is 72.8 Å². The summed E-state index contributed by atoms with van der Waals surface area (Å²) in [5.41, 5.74) is 5.71. The first kappa shape index (κ1) is 18.4. The van der Waals surface area contributed by atoms with Gasteiger partial charge in [-0.15, -0.1) is 0 Å². The minimum Gasteiger partial charge on any atom is -0.292 e. The van der Waals surface area contributed by atoms with Crippen molar-refractivity contribution in [3.8, 4) is 11.1 Å². The van der Waals surface area contributed by atoms with E-state index in [-0.39, 0.29) is 0 Å². The second kappa shape index (κ2) is 7.62. The van der Waals surface area contributed by atoms with Crippen LogP contribution in [0.25, 0.3) is 32.7 Å². The number of nitrogens with zero attached hydrogens (tertiary/aromatic N) is 2. The molecule has 1 aliphatic rings. The molecule has 146 valence electrons. The Labute approximate surface area is 173 Å². The fraction of sp³-hybridized carbons (Fsp3) is 0.259. The van der Waals surface area contributed by atoms with Crippen molar-refractivity contribution in [2.45, 2.75) is 19.9 Å². The van der Waals surface area contributed by atoms with Gasteiger partial charge in [0, 0.05) is 19.6 Å². The highest BCUT2D eigenvalue weighted by molar-refractivity contribution is 6.07. The van der Waals surface area contributed by atoms with Crippen LogP contribution in [-0.4, -0.2) is 36.6 Å². The van der Waals surface area contributed by atoms with Crippen LogP contribution in [0.4, 0.5) is 0 Å². The molecule has 0 amide bonds. The Morgan fingerprint density at radius 2 is 1.28 bits per heavy atom. The van der Waals surface area contributed by atoms with Gasteiger partial charge in [0.2, 0.25) is 0 Å². The Morgan fingerprint density at radius 1 is 0.690 bits per heavy atom. The van der Waals surface area contributed by atoms with Gasteiger partial charge in [-0.25, -0.2) is 0 Å². The molecule has 5 rings (SSSR count). The average molecular weight is 381 g/mol. The number of hydrogen-bond acceptors (Lipinski definition) is 2. The zero-order chi connectivity index (χ0) is 19.8. The first-order chi connectivity index (χ1) is 14.2. The van der Waals surface area contributed by atoms with Crippen molar-refractivity contribution in [3.63, 3.8) is 0 Å². The van der Waals surface area contributed by atoms with Crippen LogP contribution < -0.4 is 0 Å². The molecule has 1 saturated heterocycles. The number of likely N-dealkylation sites (N-methyl/N-ethyl adjacent to an activating group) is 1. The molecule has 1 heterocycles. The number of hydrogen-bond donors (Lipinski definition) is 0. The van der Waals surface area contributed by atoms with Gasteiger partial charge in [-0.1, -0.05) is 79.7 Å². The standard InChI is InChI=1S/C27H28N2/c1-3-20-12-13-21-8-4-6-10-24(21)26(20)27-23(18-29-17-16-28(2)19-29)15-14-22-9-5-7-11-25(22)27/h4-15H,3,16-19H2,1-2H3. The molecule has 2 heteroatoms. The van der Waals surface area contributed by atoms with Crippen molar-refractivity contribution < 1.29 is 0 Å². The van der Waals surface area contributed by atoms with E-state index in [1.807, 2.05) is 0 Å². The monoisotopic (exact) mass is 380 g/mol. The van der Waals surface area contributed by atoms with Crippen molar-refractivity contribution in [1.82, 2.24) is 9.80 Å². The van der Waals surface area contributed by atoms with E-state index in [1.165, 1.54) is 43.8 Å². The first-order valence-electron chi connectivity index (χ1n) is 10.7. The first-order valence-corrected chi connectivity index (χ1v) is 10.7. The van der Waals surface area contributed by atoms with Crippen LogP contribution in [0.3, 0.4) is 0 Å². The highest BCUT2D eigenvalue weighted by Crippen LogP contribution is 2.39. The summed E-state index contributed by atoms with van der Waals surface area (Å²) in [5.74, 6) is 0. The second-order valence-corrected chi connectivity index (χ2v) is 8.27. The fourth-order valence-electron chi connectivity index (χ4n) is 4.82. The summed E-state index contributed by atoms with van der Waals surface area (Å²) in [6.07, 6.45) is 1.04. The topological polar surface area (TPSA) is 6.48 Å². The summed E-state index contributed by atoms with van der Waals surface area (Å²) >= 11 is 0. The molecule has 2 nitrogen and oxygen atoms in total. The van der Waals surface area contributed by atoms with Crippen molar-refractivity contribution in [2.75, 3.05) is 26.8 Å². The van der Waals surface area contributed by atoms with Gasteiger partial charge in [0.25, 0.3) is 0 Å². The number of aryl methyl sites for hydroxylation is 1. The molecule has 4 aromatic carbocycles. The molecule has 0 atom stereocenters. The van der Waals surface area contributed by atoms with E-state index in [4.69, 9.17) is 0 Å². The summed E-state index contributed by atoms with van der Waals surface area (Å²) in [4.78, 5) is 4.96. The Kier molecular flexibility index (Phi) is 4.83. The number of benzene rings is 4. The molecule has 29 heavy (non-hydrogen) atoms. The largest absolute Gasteiger partial charge is 0.292 e. The van der Waals surface area contributed by atoms with Gasteiger partial charge in [-0.05, 0) is 57.3 Å². The van der Waals surface area contributed by atoms with Gasteiger partial charge in [0.05, 0.1) is 6.67 Å². The maximum Gasteiger partial charge on any atom is 0.0507 e. The molecule has 0 unspecified atom stereocenters. The summed E-state index contributed by atoms with van der Waals surface area (Å²) in [5, 5.41) is 5.37. The Morgan fingerprint density at radius 3 is 1.86 bits per heavy atom. The van der Waals surface area contributed by atoms with E-state index in [0.29, 0.717) is 0 Å². The molecular formula is C27H28N2. The molecule has 0 saturated carbocycles. The summed E-state index contributed by atoms with van der Waals surface area (Å²) < 4.78 is 0. The van der Waals surface area contributed by atoms with Gasteiger partial charge < -0.3 is 0 Å². The lowest BCUT2D eigenvalue weighted by atomic mass is 9.86. The van der Waals surface area contributed by atoms with Gasteiger partial charge in [-0.3, -0.25) is 9.80 Å². The Hall–Kier alpha value is -2.68.